The SMILES string of the molecule is Cc1cc(OCCOCCCl)ccc1Cl. The molecule has 0 radical (unpaired) electrons. The van der Waals surface area contributed by atoms with Crippen LogP contribution in [0.25, 0.3) is 0 Å². The number of alkyl halides is 1. The summed E-state index contributed by atoms with van der Waals surface area (Å²) in [5, 5.41) is 0.751. The summed E-state index contributed by atoms with van der Waals surface area (Å²) in [4.78, 5) is 0. The van der Waals surface area contributed by atoms with Crippen LogP contribution in [0.3, 0.4) is 0 Å². The second kappa shape index (κ2) is 6.94. The molecule has 0 aliphatic carbocycles. The summed E-state index contributed by atoms with van der Waals surface area (Å²) >= 11 is 11.3. The molecule has 0 fully saturated rings. The summed E-state index contributed by atoms with van der Waals surface area (Å²) in [5.74, 6) is 1.33. The van der Waals surface area contributed by atoms with E-state index in [9.17, 15) is 0 Å². The van der Waals surface area contributed by atoms with Crippen LogP contribution >= 0.6 is 23.2 Å². The average Bonchev–Trinajstić information content (AvgIpc) is 2.23. The van der Waals surface area contributed by atoms with E-state index in [1.807, 2.05) is 25.1 Å². The molecule has 0 spiro atoms. The van der Waals surface area contributed by atoms with Gasteiger partial charge in [0.15, 0.2) is 0 Å². The molecule has 0 amide bonds. The van der Waals surface area contributed by atoms with Crippen molar-refractivity contribution in [2.24, 2.45) is 0 Å². The average molecular weight is 249 g/mol. The van der Waals surface area contributed by atoms with E-state index in [0.717, 1.165) is 16.3 Å². The molecule has 1 rings (SSSR count). The van der Waals surface area contributed by atoms with Crippen molar-refractivity contribution >= 4 is 23.2 Å². The zero-order chi connectivity index (χ0) is 11.1. The van der Waals surface area contributed by atoms with Crippen LogP contribution in [0.5, 0.6) is 5.75 Å². The second-order valence-electron chi connectivity index (χ2n) is 3.06. The molecule has 4 heteroatoms. The Bertz CT molecular complexity index is 303. The molecule has 1 aromatic carbocycles. The molecule has 1 aromatic rings. The predicted octanol–water partition coefficient (Wildman–Crippen LogP) is 3.28. The van der Waals surface area contributed by atoms with Gasteiger partial charge < -0.3 is 9.47 Å². The van der Waals surface area contributed by atoms with Crippen LogP contribution in [0.1, 0.15) is 5.56 Å². The monoisotopic (exact) mass is 248 g/mol. The third-order valence-corrected chi connectivity index (χ3v) is 2.43. The Hall–Kier alpha value is -0.440. The predicted molar refractivity (Wildman–Crippen MR) is 63.2 cm³/mol. The van der Waals surface area contributed by atoms with Crippen molar-refractivity contribution in [3.8, 4) is 5.75 Å². The topological polar surface area (TPSA) is 18.5 Å². The number of hydrogen-bond donors (Lipinski definition) is 0. The maximum Gasteiger partial charge on any atom is 0.119 e. The molecule has 0 N–H and O–H groups in total. The first-order valence-electron chi connectivity index (χ1n) is 4.76. The van der Waals surface area contributed by atoms with E-state index in [-0.39, 0.29) is 0 Å². The smallest absolute Gasteiger partial charge is 0.119 e. The fourth-order valence-corrected chi connectivity index (χ4v) is 1.31. The summed E-state index contributed by atoms with van der Waals surface area (Å²) in [6.07, 6.45) is 0. The van der Waals surface area contributed by atoms with E-state index >= 15 is 0 Å². The van der Waals surface area contributed by atoms with Gasteiger partial charge in [0.1, 0.15) is 12.4 Å². The minimum Gasteiger partial charge on any atom is -0.491 e. The molecule has 0 unspecified atom stereocenters. The van der Waals surface area contributed by atoms with Gasteiger partial charge in [-0.3, -0.25) is 0 Å². The summed E-state index contributed by atoms with van der Waals surface area (Å²) in [7, 11) is 0. The number of aryl methyl sites for hydroxylation is 1. The molecule has 0 heterocycles. The van der Waals surface area contributed by atoms with Crippen molar-refractivity contribution in [3.63, 3.8) is 0 Å². The normalized spacial score (nSPS) is 10.3. The molecule has 0 atom stereocenters. The van der Waals surface area contributed by atoms with Gasteiger partial charge >= 0.3 is 0 Å². The fourth-order valence-electron chi connectivity index (χ4n) is 1.08. The summed E-state index contributed by atoms with van der Waals surface area (Å²) < 4.78 is 10.6. The van der Waals surface area contributed by atoms with Crippen molar-refractivity contribution in [1.29, 1.82) is 0 Å². The fraction of sp³-hybridized carbons (Fsp3) is 0.455. The number of halogens is 2. The van der Waals surface area contributed by atoms with E-state index in [0.29, 0.717) is 25.7 Å². The van der Waals surface area contributed by atoms with Gasteiger partial charge in [-0.2, -0.15) is 0 Å². The zero-order valence-corrected chi connectivity index (χ0v) is 10.1. The molecule has 2 nitrogen and oxygen atoms in total. The summed E-state index contributed by atoms with van der Waals surface area (Å²) in [5.41, 5.74) is 1.01. The molecule has 0 bridgehead atoms. The first kappa shape index (κ1) is 12.6. The minimum atomic E-state index is 0.514. The van der Waals surface area contributed by atoms with Gasteiger partial charge in [0.25, 0.3) is 0 Å². The largest absolute Gasteiger partial charge is 0.491 e. The number of benzene rings is 1. The van der Waals surface area contributed by atoms with Crippen molar-refractivity contribution in [1.82, 2.24) is 0 Å². The highest BCUT2D eigenvalue weighted by molar-refractivity contribution is 6.31. The maximum absolute atomic E-state index is 5.89. The first-order valence-corrected chi connectivity index (χ1v) is 5.68. The lowest BCUT2D eigenvalue weighted by molar-refractivity contribution is 0.111. The van der Waals surface area contributed by atoms with Crippen LogP contribution in [-0.4, -0.2) is 25.7 Å². The summed E-state index contributed by atoms with van der Waals surface area (Å²) in [6.45, 7) is 3.58. The lowest BCUT2D eigenvalue weighted by atomic mass is 10.2. The van der Waals surface area contributed by atoms with Gasteiger partial charge in [0.05, 0.1) is 13.2 Å². The van der Waals surface area contributed by atoms with E-state index in [1.165, 1.54) is 0 Å². The first-order chi connectivity index (χ1) is 7.24. The van der Waals surface area contributed by atoms with Crippen LogP contribution in [0.4, 0.5) is 0 Å². The van der Waals surface area contributed by atoms with Crippen molar-refractivity contribution < 1.29 is 9.47 Å². The molecule has 0 saturated carbocycles. The second-order valence-corrected chi connectivity index (χ2v) is 3.85. The Morgan fingerprint density at radius 3 is 2.67 bits per heavy atom. The van der Waals surface area contributed by atoms with Crippen LogP contribution in [0.15, 0.2) is 18.2 Å². The van der Waals surface area contributed by atoms with Gasteiger partial charge in [0, 0.05) is 10.9 Å². The molecule has 0 aliphatic heterocycles. The third-order valence-electron chi connectivity index (χ3n) is 1.85. The van der Waals surface area contributed by atoms with Crippen molar-refractivity contribution in [2.45, 2.75) is 6.92 Å². The number of hydrogen-bond acceptors (Lipinski definition) is 2. The van der Waals surface area contributed by atoms with Crippen LogP contribution in [0, 0.1) is 6.92 Å². The molecule has 84 valence electrons. The third kappa shape index (κ3) is 4.74. The zero-order valence-electron chi connectivity index (χ0n) is 8.63. The maximum atomic E-state index is 5.89. The molecular formula is C11H14Cl2O2. The van der Waals surface area contributed by atoms with Crippen LogP contribution < -0.4 is 4.74 Å². The van der Waals surface area contributed by atoms with E-state index in [1.54, 1.807) is 0 Å². The highest BCUT2D eigenvalue weighted by Gasteiger charge is 1.98. The summed E-state index contributed by atoms with van der Waals surface area (Å²) in [6, 6.07) is 5.58. The van der Waals surface area contributed by atoms with Gasteiger partial charge in [-0.25, -0.2) is 0 Å². The standard InChI is InChI=1S/C11H14Cl2O2/c1-9-8-10(2-3-11(9)13)15-7-6-14-5-4-12/h2-3,8H,4-7H2,1H3. The highest BCUT2D eigenvalue weighted by Crippen LogP contribution is 2.20. The quantitative estimate of drug-likeness (QED) is 0.569. The minimum absolute atomic E-state index is 0.514. The van der Waals surface area contributed by atoms with E-state index < -0.39 is 0 Å². The number of ether oxygens (including phenoxy) is 2. The molecule has 0 saturated heterocycles. The Labute approximate surface area is 100 Å². The lowest BCUT2D eigenvalue weighted by Gasteiger charge is -2.07. The highest BCUT2D eigenvalue weighted by atomic mass is 35.5. The van der Waals surface area contributed by atoms with Gasteiger partial charge in [-0.05, 0) is 30.7 Å². The van der Waals surface area contributed by atoms with E-state index in [4.69, 9.17) is 32.7 Å². The lowest BCUT2D eigenvalue weighted by Crippen LogP contribution is -2.08. The Morgan fingerprint density at radius 1 is 1.20 bits per heavy atom. The molecular weight excluding hydrogens is 235 g/mol. The van der Waals surface area contributed by atoms with Gasteiger partial charge in [-0.1, -0.05) is 11.6 Å². The Balaban J connectivity index is 2.28. The van der Waals surface area contributed by atoms with Gasteiger partial charge in [-0.15, -0.1) is 11.6 Å². The van der Waals surface area contributed by atoms with Gasteiger partial charge in [0.2, 0.25) is 0 Å². The molecule has 15 heavy (non-hydrogen) atoms. The van der Waals surface area contributed by atoms with Crippen LogP contribution in [0.2, 0.25) is 5.02 Å². The van der Waals surface area contributed by atoms with Crippen molar-refractivity contribution in [2.75, 3.05) is 25.7 Å². The molecule has 0 aliphatic rings. The Kier molecular flexibility index (Phi) is 5.84. The number of rotatable bonds is 6. The van der Waals surface area contributed by atoms with Crippen molar-refractivity contribution in [3.05, 3.63) is 28.8 Å². The molecule has 0 aromatic heterocycles. The van der Waals surface area contributed by atoms with E-state index in [2.05, 4.69) is 0 Å². The Morgan fingerprint density at radius 2 is 2.00 bits per heavy atom. The van der Waals surface area contributed by atoms with Crippen LogP contribution in [-0.2, 0) is 4.74 Å².